The quantitative estimate of drug-likeness (QED) is 0.163. The van der Waals surface area contributed by atoms with Crippen LogP contribution >= 0.6 is 24.0 Å². The second-order valence-corrected chi connectivity index (χ2v) is 5.04. The van der Waals surface area contributed by atoms with Gasteiger partial charge in [0.2, 0.25) is 5.91 Å². The van der Waals surface area contributed by atoms with Crippen LogP contribution in [0.4, 0.5) is 0 Å². The molecule has 0 radical (unpaired) electrons. The molecular weight excluding hydrogens is 423 g/mol. The maximum absolute atomic E-state index is 11.9. The van der Waals surface area contributed by atoms with Crippen LogP contribution in [0.2, 0.25) is 0 Å². The fourth-order valence-corrected chi connectivity index (χ4v) is 2.04. The number of methoxy groups -OCH3 is 1. The van der Waals surface area contributed by atoms with Gasteiger partial charge in [-0.25, -0.2) is 0 Å². The van der Waals surface area contributed by atoms with Crippen molar-refractivity contribution in [3.8, 4) is 0 Å². The molecule has 0 aromatic carbocycles. The minimum Gasteiger partial charge on any atom is -0.469 e. The average Bonchev–Trinajstić information content (AvgIpc) is 2.55. The second-order valence-electron chi connectivity index (χ2n) is 5.04. The number of halogens is 1. The Bertz CT molecular complexity index is 374. The standard InChI is InChI=1S/C16H32N4O3.HI/c1-5-17-16(18-12-9-8-10-15(22)23-4)19-13-11-14(21)20(6-2)7-3;/h5-13H2,1-4H3,(H2,17,18,19);1H. The molecule has 0 heterocycles. The number of ether oxygens (including phenoxy) is 1. The molecule has 0 aliphatic rings. The third-order valence-electron chi connectivity index (χ3n) is 3.38. The van der Waals surface area contributed by atoms with Crippen LogP contribution in [-0.4, -0.2) is 62.6 Å². The van der Waals surface area contributed by atoms with E-state index in [-0.39, 0.29) is 35.9 Å². The lowest BCUT2D eigenvalue weighted by molar-refractivity contribution is -0.140. The molecule has 0 aliphatic heterocycles. The van der Waals surface area contributed by atoms with Crippen LogP contribution in [0.3, 0.4) is 0 Å². The zero-order valence-electron chi connectivity index (χ0n) is 15.4. The Morgan fingerprint density at radius 1 is 1.04 bits per heavy atom. The van der Waals surface area contributed by atoms with Crippen LogP contribution in [0.1, 0.15) is 46.5 Å². The number of amides is 1. The summed E-state index contributed by atoms with van der Waals surface area (Å²) < 4.78 is 4.59. The minimum absolute atomic E-state index is 0. The highest BCUT2D eigenvalue weighted by Gasteiger charge is 2.09. The first-order valence-corrected chi connectivity index (χ1v) is 8.45. The molecule has 0 bridgehead atoms. The van der Waals surface area contributed by atoms with Gasteiger partial charge in [-0.3, -0.25) is 14.6 Å². The molecule has 1 amide bonds. The van der Waals surface area contributed by atoms with E-state index in [0.717, 1.165) is 32.5 Å². The van der Waals surface area contributed by atoms with Crippen LogP contribution in [0, 0.1) is 0 Å². The fraction of sp³-hybridized carbons (Fsp3) is 0.812. The van der Waals surface area contributed by atoms with E-state index >= 15 is 0 Å². The van der Waals surface area contributed by atoms with Gasteiger partial charge in [-0.2, -0.15) is 0 Å². The molecule has 0 unspecified atom stereocenters. The summed E-state index contributed by atoms with van der Waals surface area (Å²) in [6.07, 6.45) is 2.46. The number of carbonyl (C=O) groups excluding carboxylic acids is 2. The van der Waals surface area contributed by atoms with E-state index in [1.807, 2.05) is 25.7 Å². The third kappa shape index (κ3) is 12.4. The summed E-state index contributed by atoms with van der Waals surface area (Å²) in [4.78, 5) is 29.2. The number of esters is 1. The Labute approximate surface area is 163 Å². The summed E-state index contributed by atoms with van der Waals surface area (Å²) in [5.41, 5.74) is 0. The number of hydrogen-bond donors (Lipinski definition) is 2. The van der Waals surface area contributed by atoms with E-state index in [2.05, 4.69) is 20.4 Å². The number of hydrogen-bond acceptors (Lipinski definition) is 4. The van der Waals surface area contributed by atoms with Crippen molar-refractivity contribution in [3.63, 3.8) is 0 Å². The molecular formula is C16H33IN4O3. The summed E-state index contributed by atoms with van der Waals surface area (Å²) in [5.74, 6) is 0.670. The number of aliphatic imine (C=N–C) groups is 1. The molecule has 0 aromatic rings. The minimum atomic E-state index is -0.186. The number of guanidine groups is 1. The molecule has 0 aliphatic carbocycles. The monoisotopic (exact) mass is 456 g/mol. The number of nitrogens with zero attached hydrogens (tertiary/aromatic N) is 2. The summed E-state index contributed by atoms with van der Waals surface area (Å²) in [5, 5.41) is 6.31. The van der Waals surface area contributed by atoms with Gasteiger partial charge in [0.15, 0.2) is 5.96 Å². The van der Waals surface area contributed by atoms with Gasteiger partial charge < -0.3 is 20.3 Å². The molecule has 0 saturated heterocycles. The van der Waals surface area contributed by atoms with Crippen LogP contribution < -0.4 is 10.6 Å². The lowest BCUT2D eigenvalue weighted by Crippen LogP contribution is -2.40. The van der Waals surface area contributed by atoms with Gasteiger partial charge in [0.25, 0.3) is 0 Å². The highest BCUT2D eigenvalue weighted by Crippen LogP contribution is 1.97. The highest BCUT2D eigenvalue weighted by atomic mass is 127. The molecule has 2 N–H and O–H groups in total. The predicted molar refractivity (Wildman–Crippen MR) is 108 cm³/mol. The smallest absolute Gasteiger partial charge is 0.305 e. The maximum atomic E-state index is 11.9. The first kappa shape index (κ1) is 25.2. The Hall–Kier alpha value is -1.06. The average molecular weight is 456 g/mol. The SMILES string of the molecule is CCNC(=NCCCCC(=O)OC)NCCC(=O)N(CC)CC.I. The Morgan fingerprint density at radius 2 is 1.71 bits per heavy atom. The molecule has 142 valence electrons. The van der Waals surface area contributed by atoms with Gasteiger partial charge in [0.05, 0.1) is 7.11 Å². The summed E-state index contributed by atoms with van der Waals surface area (Å²) in [6.45, 7) is 9.39. The zero-order valence-corrected chi connectivity index (χ0v) is 17.7. The molecule has 0 saturated carbocycles. The first-order chi connectivity index (χ1) is 11.1. The van der Waals surface area contributed by atoms with Crippen LogP contribution in [0.25, 0.3) is 0 Å². The van der Waals surface area contributed by atoms with E-state index < -0.39 is 0 Å². The van der Waals surface area contributed by atoms with Crippen molar-refractivity contribution >= 4 is 41.8 Å². The van der Waals surface area contributed by atoms with Gasteiger partial charge in [-0.1, -0.05) is 0 Å². The predicted octanol–water partition coefficient (Wildman–Crippen LogP) is 1.76. The Balaban J connectivity index is 0. The van der Waals surface area contributed by atoms with Crippen molar-refractivity contribution in [3.05, 3.63) is 0 Å². The van der Waals surface area contributed by atoms with Crippen molar-refractivity contribution in [2.24, 2.45) is 4.99 Å². The molecule has 0 spiro atoms. The lowest BCUT2D eigenvalue weighted by Gasteiger charge is -2.19. The van der Waals surface area contributed by atoms with Gasteiger partial charge in [0, 0.05) is 45.6 Å². The Kier molecular flexibility index (Phi) is 17.6. The van der Waals surface area contributed by atoms with E-state index in [1.54, 1.807) is 0 Å². The topological polar surface area (TPSA) is 83.0 Å². The van der Waals surface area contributed by atoms with Crippen molar-refractivity contribution in [1.29, 1.82) is 0 Å². The number of unbranched alkanes of at least 4 members (excludes halogenated alkanes) is 1. The molecule has 8 heteroatoms. The highest BCUT2D eigenvalue weighted by molar-refractivity contribution is 14.0. The summed E-state index contributed by atoms with van der Waals surface area (Å²) in [6, 6.07) is 0. The molecule has 0 aromatic heterocycles. The molecule has 0 atom stereocenters. The van der Waals surface area contributed by atoms with Crippen LogP contribution in [-0.2, 0) is 14.3 Å². The number of nitrogens with one attached hydrogen (secondary N) is 2. The van der Waals surface area contributed by atoms with Crippen LogP contribution in [0.15, 0.2) is 4.99 Å². The summed E-state index contributed by atoms with van der Waals surface area (Å²) >= 11 is 0. The van der Waals surface area contributed by atoms with Crippen molar-refractivity contribution < 1.29 is 14.3 Å². The lowest BCUT2D eigenvalue weighted by atomic mass is 10.2. The molecule has 0 rings (SSSR count). The van der Waals surface area contributed by atoms with Crippen LogP contribution in [0.5, 0.6) is 0 Å². The van der Waals surface area contributed by atoms with Crippen molar-refractivity contribution in [1.82, 2.24) is 15.5 Å². The largest absolute Gasteiger partial charge is 0.469 e. The van der Waals surface area contributed by atoms with Crippen molar-refractivity contribution in [2.75, 3.05) is 39.8 Å². The van der Waals surface area contributed by atoms with Crippen molar-refractivity contribution in [2.45, 2.75) is 46.5 Å². The van der Waals surface area contributed by atoms with E-state index in [4.69, 9.17) is 0 Å². The van der Waals surface area contributed by atoms with E-state index in [9.17, 15) is 9.59 Å². The Morgan fingerprint density at radius 3 is 2.25 bits per heavy atom. The first-order valence-electron chi connectivity index (χ1n) is 8.45. The zero-order chi connectivity index (χ0) is 17.5. The van der Waals surface area contributed by atoms with E-state index in [1.165, 1.54) is 7.11 Å². The second kappa shape index (κ2) is 16.8. The number of rotatable bonds is 11. The van der Waals surface area contributed by atoms with Gasteiger partial charge in [0.1, 0.15) is 0 Å². The van der Waals surface area contributed by atoms with E-state index in [0.29, 0.717) is 31.9 Å². The molecule has 24 heavy (non-hydrogen) atoms. The fourth-order valence-electron chi connectivity index (χ4n) is 2.04. The van der Waals surface area contributed by atoms with Gasteiger partial charge >= 0.3 is 5.97 Å². The van der Waals surface area contributed by atoms with Gasteiger partial charge in [-0.15, -0.1) is 24.0 Å². The normalized spacial score (nSPS) is 10.6. The van der Waals surface area contributed by atoms with Gasteiger partial charge in [-0.05, 0) is 33.6 Å². The third-order valence-corrected chi connectivity index (χ3v) is 3.38. The summed E-state index contributed by atoms with van der Waals surface area (Å²) in [7, 11) is 1.40. The maximum Gasteiger partial charge on any atom is 0.305 e. The molecule has 0 fully saturated rings. The number of carbonyl (C=O) groups is 2. The molecule has 7 nitrogen and oxygen atoms in total.